The standard InChI is InChI=1S/C16H26N2O/c1-15(2)11-6-7-16(15,3)13(9-11)18-14(19)10-4-5-12(17)8-10/h4-5,10-13H,6-9,17H2,1-3H3,(H,18,19). The van der Waals surface area contributed by atoms with Crippen molar-refractivity contribution in [3.8, 4) is 0 Å². The summed E-state index contributed by atoms with van der Waals surface area (Å²) in [6.07, 6.45) is 8.41. The Kier molecular flexibility index (Phi) is 2.83. The van der Waals surface area contributed by atoms with Crippen LogP contribution in [0.1, 0.15) is 46.5 Å². The molecule has 0 aromatic rings. The maximum absolute atomic E-state index is 12.4. The minimum absolute atomic E-state index is 0.0131. The third-order valence-electron chi connectivity index (χ3n) is 6.56. The second kappa shape index (κ2) is 4.08. The van der Waals surface area contributed by atoms with Gasteiger partial charge in [-0.3, -0.25) is 4.79 Å². The molecule has 3 aliphatic carbocycles. The number of nitrogens with two attached hydrogens (primary N) is 1. The van der Waals surface area contributed by atoms with E-state index in [1.165, 1.54) is 12.8 Å². The predicted molar refractivity (Wildman–Crippen MR) is 76.4 cm³/mol. The molecule has 3 aliphatic rings. The molecule has 3 rings (SSSR count). The van der Waals surface area contributed by atoms with E-state index in [4.69, 9.17) is 5.73 Å². The first-order chi connectivity index (χ1) is 8.84. The van der Waals surface area contributed by atoms with Gasteiger partial charge in [-0.05, 0) is 42.4 Å². The van der Waals surface area contributed by atoms with Crippen LogP contribution in [0.15, 0.2) is 12.2 Å². The Morgan fingerprint density at radius 3 is 2.47 bits per heavy atom. The molecule has 19 heavy (non-hydrogen) atoms. The van der Waals surface area contributed by atoms with E-state index in [2.05, 4.69) is 26.1 Å². The zero-order valence-corrected chi connectivity index (χ0v) is 12.3. The number of nitrogens with one attached hydrogen (secondary N) is 1. The molecule has 5 unspecified atom stereocenters. The van der Waals surface area contributed by atoms with Crippen LogP contribution in [0.4, 0.5) is 0 Å². The first-order valence-electron chi connectivity index (χ1n) is 7.59. The highest BCUT2D eigenvalue weighted by atomic mass is 16.2. The number of hydrogen-bond acceptors (Lipinski definition) is 2. The van der Waals surface area contributed by atoms with Gasteiger partial charge in [0.25, 0.3) is 0 Å². The summed E-state index contributed by atoms with van der Waals surface area (Å²) in [5, 5.41) is 3.32. The van der Waals surface area contributed by atoms with Gasteiger partial charge in [0.1, 0.15) is 0 Å². The fourth-order valence-electron chi connectivity index (χ4n) is 4.62. The highest BCUT2D eigenvalue weighted by Gasteiger charge is 2.61. The fourth-order valence-corrected chi connectivity index (χ4v) is 4.62. The molecule has 2 saturated carbocycles. The van der Waals surface area contributed by atoms with Crippen molar-refractivity contribution < 1.29 is 4.79 Å². The molecule has 2 bridgehead atoms. The molecule has 2 fully saturated rings. The summed E-state index contributed by atoms with van der Waals surface area (Å²) in [6.45, 7) is 7.12. The Hall–Kier alpha value is -0.830. The molecule has 1 amide bonds. The number of rotatable bonds is 2. The first kappa shape index (κ1) is 13.2. The zero-order valence-electron chi connectivity index (χ0n) is 12.3. The molecule has 0 radical (unpaired) electrons. The lowest BCUT2D eigenvalue weighted by Crippen LogP contribution is -2.48. The van der Waals surface area contributed by atoms with Gasteiger partial charge in [0.2, 0.25) is 5.91 Å². The van der Waals surface area contributed by atoms with Crippen LogP contribution in [0.2, 0.25) is 0 Å². The largest absolute Gasteiger partial charge is 0.352 e. The van der Waals surface area contributed by atoms with Crippen LogP contribution in [-0.2, 0) is 4.79 Å². The van der Waals surface area contributed by atoms with E-state index in [-0.39, 0.29) is 23.3 Å². The Bertz CT molecular complexity index is 428. The van der Waals surface area contributed by atoms with Crippen molar-refractivity contribution in [1.82, 2.24) is 5.32 Å². The molecular weight excluding hydrogens is 236 g/mol. The van der Waals surface area contributed by atoms with Crippen LogP contribution in [0.3, 0.4) is 0 Å². The Balaban J connectivity index is 1.69. The quantitative estimate of drug-likeness (QED) is 0.750. The molecule has 0 saturated heterocycles. The molecule has 0 aliphatic heterocycles. The second-order valence-corrected chi connectivity index (χ2v) is 7.56. The van der Waals surface area contributed by atoms with E-state index in [9.17, 15) is 4.79 Å². The topological polar surface area (TPSA) is 55.1 Å². The van der Waals surface area contributed by atoms with E-state index in [1.54, 1.807) is 0 Å². The molecule has 0 aromatic heterocycles. The minimum atomic E-state index is -0.0131. The van der Waals surface area contributed by atoms with E-state index in [0.717, 1.165) is 18.8 Å². The molecular formula is C16H26N2O. The van der Waals surface area contributed by atoms with Crippen molar-refractivity contribution in [3.63, 3.8) is 0 Å². The Labute approximate surface area is 116 Å². The molecule has 106 valence electrons. The van der Waals surface area contributed by atoms with Gasteiger partial charge in [-0.15, -0.1) is 0 Å². The Morgan fingerprint density at radius 1 is 1.26 bits per heavy atom. The third kappa shape index (κ3) is 1.78. The van der Waals surface area contributed by atoms with E-state index < -0.39 is 0 Å². The average molecular weight is 262 g/mol. The maximum Gasteiger partial charge on any atom is 0.227 e. The van der Waals surface area contributed by atoms with Gasteiger partial charge in [0.05, 0.1) is 5.92 Å². The molecule has 3 N–H and O–H groups in total. The van der Waals surface area contributed by atoms with Crippen molar-refractivity contribution in [2.24, 2.45) is 28.4 Å². The molecule has 0 spiro atoms. The van der Waals surface area contributed by atoms with Gasteiger partial charge in [-0.1, -0.05) is 32.9 Å². The van der Waals surface area contributed by atoms with Crippen molar-refractivity contribution in [2.75, 3.05) is 0 Å². The monoisotopic (exact) mass is 262 g/mol. The SMILES string of the molecule is CC1(C)C2CCC1(C)C(NC(=O)C1C=CC(N)C1)C2. The smallest absolute Gasteiger partial charge is 0.227 e. The highest BCUT2D eigenvalue weighted by molar-refractivity contribution is 5.81. The number of fused-ring (bicyclic) bond motifs is 2. The molecule has 0 aromatic carbocycles. The number of amides is 1. The highest BCUT2D eigenvalue weighted by Crippen LogP contribution is 2.65. The van der Waals surface area contributed by atoms with Crippen LogP contribution < -0.4 is 11.1 Å². The molecule has 0 heterocycles. The normalized spacial score (nSPS) is 46.7. The van der Waals surface area contributed by atoms with Crippen molar-refractivity contribution in [3.05, 3.63) is 12.2 Å². The van der Waals surface area contributed by atoms with Crippen LogP contribution in [-0.4, -0.2) is 18.0 Å². The summed E-state index contributed by atoms with van der Waals surface area (Å²) in [7, 11) is 0. The number of hydrogen-bond donors (Lipinski definition) is 2. The van der Waals surface area contributed by atoms with Gasteiger partial charge < -0.3 is 11.1 Å². The third-order valence-corrected chi connectivity index (χ3v) is 6.56. The maximum atomic E-state index is 12.4. The van der Waals surface area contributed by atoms with Gasteiger partial charge in [0.15, 0.2) is 0 Å². The van der Waals surface area contributed by atoms with Crippen molar-refractivity contribution in [2.45, 2.75) is 58.5 Å². The van der Waals surface area contributed by atoms with Crippen LogP contribution >= 0.6 is 0 Å². The Morgan fingerprint density at radius 2 is 2.00 bits per heavy atom. The lowest BCUT2D eigenvalue weighted by molar-refractivity contribution is -0.125. The first-order valence-corrected chi connectivity index (χ1v) is 7.59. The summed E-state index contributed by atoms with van der Waals surface area (Å²) in [6, 6.07) is 0.404. The lowest BCUT2D eigenvalue weighted by atomic mass is 9.69. The number of carbonyl (C=O) groups excluding carboxylic acids is 1. The van der Waals surface area contributed by atoms with Gasteiger partial charge in [-0.2, -0.15) is 0 Å². The number of carbonyl (C=O) groups is 1. The summed E-state index contributed by atoms with van der Waals surface area (Å²) in [4.78, 5) is 12.4. The van der Waals surface area contributed by atoms with Gasteiger partial charge >= 0.3 is 0 Å². The van der Waals surface area contributed by atoms with Crippen LogP contribution in [0.5, 0.6) is 0 Å². The van der Waals surface area contributed by atoms with Gasteiger partial charge in [0, 0.05) is 12.1 Å². The summed E-state index contributed by atoms with van der Waals surface area (Å²) < 4.78 is 0. The van der Waals surface area contributed by atoms with Gasteiger partial charge in [-0.25, -0.2) is 0 Å². The predicted octanol–water partition coefficient (Wildman–Crippen LogP) is 2.22. The van der Waals surface area contributed by atoms with E-state index in [0.29, 0.717) is 11.5 Å². The second-order valence-electron chi connectivity index (χ2n) is 7.56. The lowest BCUT2D eigenvalue weighted by Gasteiger charge is -2.39. The average Bonchev–Trinajstić information content (AvgIpc) is 2.91. The molecule has 3 nitrogen and oxygen atoms in total. The molecule has 3 heteroatoms. The summed E-state index contributed by atoms with van der Waals surface area (Å²) in [5.74, 6) is 0.934. The minimum Gasteiger partial charge on any atom is -0.352 e. The summed E-state index contributed by atoms with van der Waals surface area (Å²) >= 11 is 0. The zero-order chi connectivity index (χ0) is 13.8. The van der Waals surface area contributed by atoms with E-state index >= 15 is 0 Å². The van der Waals surface area contributed by atoms with E-state index in [1.807, 2.05) is 12.2 Å². The molecule has 5 atom stereocenters. The van der Waals surface area contributed by atoms with Crippen LogP contribution in [0, 0.1) is 22.7 Å². The van der Waals surface area contributed by atoms with Crippen molar-refractivity contribution in [1.29, 1.82) is 0 Å². The fraction of sp³-hybridized carbons (Fsp3) is 0.812. The van der Waals surface area contributed by atoms with Crippen molar-refractivity contribution >= 4 is 5.91 Å². The van der Waals surface area contributed by atoms with Crippen LogP contribution in [0.25, 0.3) is 0 Å². The summed E-state index contributed by atoms with van der Waals surface area (Å²) in [5.41, 5.74) is 6.45.